The summed E-state index contributed by atoms with van der Waals surface area (Å²) in [5.41, 5.74) is 3.52. The van der Waals surface area contributed by atoms with Gasteiger partial charge in [-0.3, -0.25) is 4.90 Å². The summed E-state index contributed by atoms with van der Waals surface area (Å²) >= 11 is 0. The number of aromatic nitrogens is 2. The molecule has 0 radical (unpaired) electrons. The largest absolute Gasteiger partial charge is 0.329 e. The molecule has 20 heavy (non-hydrogen) atoms. The number of benzene rings is 1. The van der Waals surface area contributed by atoms with Gasteiger partial charge in [0.15, 0.2) is 0 Å². The highest BCUT2D eigenvalue weighted by atomic mass is 15.2. The molecular formula is C16H24N4. The number of imidazole rings is 1. The Balaban J connectivity index is 2.48. The van der Waals surface area contributed by atoms with E-state index in [2.05, 4.69) is 67.1 Å². The van der Waals surface area contributed by atoms with Gasteiger partial charge in [0.05, 0.1) is 17.4 Å². The van der Waals surface area contributed by atoms with Gasteiger partial charge in [-0.25, -0.2) is 4.98 Å². The molecule has 1 unspecified atom stereocenters. The van der Waals surface area contributed by atoms with Crippen molar-refractivity contribution in [1.82, 2.24) is 19.8 Å². The lowest BCUT2D eigenvalue weighted by molar-refractivity contribution is 0.282. The number of aryl methyl sites for hydroxylation is 1. The first-order chi connectivity index (χ1) is 9.56. The highest BCUT2D eigenvalue weighted by Crippen LogP contribution is 2.27. The molecule has 0 saturated heterocycles. The van der Waals surface area contributed by atoms with Crippen molar-refractivity contribution in [2.24, 2.45) is 7.05 Å². The summed E-state index contributed by atoms with van der Waals surface area (Å²) in [4.78, 5) is 7.01. The number of hydrogen-bond donors (Lipinski definition) is 1. The van der Waals surface area contributed by atoms with Crippen molar-refractivity contribution >= 4 is 0 Å². The van der Waals surface area contributed by atoms with Gasteiger partial charge in [-0.05, 0) is 28.1 Å². The van der Waals surface area contributed by atoms with Gasteiger partial charge in [0.25, 0.3) is 0 Å². The van der Waals surface area contributed by atoms with E-state index in [0.717, 1.165) is 23.6 Å². The Morgan fingerprint density at radius 1 is 1.25 bits per heavy atom. The van der Waals surface area contributed by atoms with Crippen LogP contribution in [0.15, 0.2) is 30.3 Å². The minimum absolute atomic E-state index is 0.315. The lowest BCUT2D eigenvalue weighted by atomic mass is 10.1. The van der Waals surface area contributed by atoms with Gasteiger partial charge in [-0.1, -0.05) is 30.3 Å². The Morgan fingerprint density at radius 3 is 2.45 bits per heavy atom. The summed E-state index contributed by atoms with van der Waals surface area (Å²) in [6.45, 7) is 3.00. The van der Waals surface area contributed by atoms with Gasteiger partial charge >= 0.3 is 0 Å². The second-order valence-corrected chi connectivity index (χ2v) is 5.37. The molecule has 0 aliphatic rings. The number of hydrogen-bond acceptors (Lipinski definition) is 3. The van der Waals surface area contributed by atoms with E-state index in [1.807, 2.05) is 13.1 Å². The molecule has 2 rings (SSSR count). The van der Waals surface area contributed by atoms with Gasteiger partial charge < -0.3 is 9.88 Å². The first-order valence-electron chi connectivity index (χ1n) is 6.96. The molecule has 0 saturated carbocycles. The zero-order chi connectivity index (χ0) is 14.7. The zero-order valence-electron chi connectivity index (χ0n) is 13.0. The summed E-state index contributed by atoms with van der Waals surface area (Å²) in [5.74, 6) is 1.03. The summed E-state index contributed by atoms with van der Waals surface area (Å²) < 4.78 is 2.21. The fourth-order valence-electron chi connectivity index (χ4n) is 2.68. The van der Waals surface area contributed by atoms with Crippen LogP contribution in [0, 0.1) is 6.92 Å². The minimum atomic E-state index is 0.315. The Bertz CT molecular complexity index is 557. The monoisotopic (exact) mass is 272 g/mol. The lowest BCUT2D eigenvalue weighted by Crippen LogP contribution is -2.31. The number of nitrogens with zero attached hydrogens (tertiary/aromatic N) is 3. The topological polar surface area (TPSA) is 33.1 Å². The third kappa shape index (κ3) is 2.76. The summed E-state index contributed by atoms with van der Waals surface area (Å²) in [6, 6.07) is 10.7. The Morgan fingerprint density at radius 2 is 1.90 bits per heavy atom. The van der Waals surface area contributed by atoms with Crippen LogP contribution < -0.4 is 5.32 Å². The second-order valence-electron chi connectivity index (χ2n) is 5.37. The molecule has 1 heterocycles. The average Bonchev–Trinajstić information content (AvgIpc) is 2.72. The summed E-state index contributed by atoms with van der Waals surface area (Å²) in [6.07, 6.45) is 0. The first kappa shape index (κ1) is 14.8. The van der Waals surface area contributed by atoms with E-state index in [4.69, 9.17) is 4.98 Å². The molecule has 2 aromatic rings. The molecule has 1 N–H and O–H groups in total. The highest BCUT2D eigenvalue weighted by molar-refractivity contribution is 5.56. The Hall–Kier alpha value is -1.65. The van der Waals surface area contributed by atoms with Gasteiger partial charge in [0.1, 0.15) is 5.82 Å². The van der Waals surface area contributed by atoms with E-state index < -0.39 is 0 Å². The average molecular weight is 272 g/mol. The predicted molar refractivity (Wildman–Crippen MR) is 83.7 cm³/mol. The summed E-state index contributed by atoms with van der Waals surface area (Å²) in [5, 5.41) is 3.27. The van der Waals surface area contributed by atoms with E-state index in [9.17, 15) is 0 Å². The van der Waals surface area contributed by atoms with E-state index >= 15 is 0 Å². The smallest absolute Gasteiger partial charge is 0.140 e. The highest BCUT2D eigenvalue weighted by Gasteiger charge is 2.22. The van der Waals surface area contributed by atoms with Crippen LogP contribution in [0.2, 0.25) is 0 Å². The molecule has 4 heteroatoms. The molecule has 0 fully saturated rings. The van der Waals surface area contributed by atoms with E-state index in [0.29, 0.717) is 6.04 Å². The molecule has 1 atom stereocenters. The molecule has 4 nitrogen and oxygen atoms in total. The molecule has 0 aliphatic carbocycles. The van der Waals surface area contributed by atoms with Crippen LogP contribution in [0.25, 0.3) is 11.4 Å². The third-order valence-electron chi connectivity index (χ3n) is 3.69. The van der Waals surface area contributed by atoms with Crippen molar-refractivity contribution < 1.29 is 0 Å². The number of rotatable bonds is 5. The minimum Gasteiger partial charge on any atom is -0.329 e. The molecule has 108 valence electrons. The number of likely N-dealkylation sites (N-methyl/N-ethyl adjacent to an activating group) is 2. The van der Waals surface area contributed by atoms with Crippen LogP contribution in [0.3, 0.4) is 0 Å². The molecule has 0 aliphatic heterocycles. The maximum absolute atomic E-state index is 4.77. The van der Waals surface area contributed by atoms with Crippen molar-refractivity contribution in [2.45, 2.75) is 13.0 Å². The van der Waals surface area contributed by atoms with Crippen molar-refractivity contribution in [3.63, 3.8) is 0 Å². The fraction of sp³-hybridized carbons (Fsp3) is 0.438. The molecular weight excluding hydrogens is 248 g/mol. The first-order valence-corrected chi connectivity index (χ1v) is 6.96. The van der Waals surface area contributed by atoms with Gasteiger partial charge in [0, 0.05) is 19.2 Å². The van der Waals surface area contributed by atoms with Gasteiger partial charge in [-0.15, -0.1) is 0 Å². The fourth-order valence-corrected chi connectivity index (χ4v) is 2.68. The maximum Gasteiger partial charge on any atom is 0.140 e. The van der Waals surface area contributed by atoms with Crippen molar-refractivity contribution in [3.8, 4) is 11.4 Å². The molecule has 0 bridgehead atoms. The Kier molecular flexibility index (Phi) is 4.57. The van der Waals surface area contributed by atoms with Crippen molar-refractivity contribution in [3.05, 3.63) is 41.7 Å². The standard InChI is InChI=1S/C16H24N4/c1-12-15(14(11-17-2)19(3)4)20(5)16(18-12)13-9-7-6-8-10-13/h6-10,14,17H,11H2,1-5H3. The lowest BCUT2D eigenvalue weighted by Gasteiger charge is -2.25. The molecule has 0 amide bonds. The van der Waals surface area contributed by atoms with Crippen LogP contribution in [-0.2, 0) is 7.05 Å². The van der Waals surface area contributed by atoms with E-state index in [1.54, 1.807) is 0 Å². The maximum atomic E-state index is 4.77. The zero-order valence-corrected chi connectivity index (χ0v) is 13.0. The van der Waals surface area contributed by atoms with Crippen LogP contribution in [0.1, 0.15) is 17.4 Å². The van der Waals surface area contributed by atoms with Crippen molar-refractivity contribution in [2.75, 3.05) is 27.7 Å². The van der Waals surface area contributed by atoms with Gasteiger partial charge in [0.2, 0.25) is 0 Å². The van der Waals surface area contributed by atoms with E-state index in [1.165, 1.54) is 5.69 Å². The van der Waals surface area contributed by atoms with Crippen LogP contribution in [0.4, 0.5) is 0 Å². The molecule has 1 aromatic carbocycles. The number of nitrogens with one attached hydrogen (secondary N) is 1. The van der Waals surface area contributed by atoms with E-state index in [-0.39, 0.29) is 0 Å². The third-order valence-corrected chi connectivity index (χ3v) is 3.69. The van der Waals surface area contributed by atoms with Crippen LogP contribution in [0.5, 0.6) is 0 Å². The van der Waals surface area contributed by atoms with Crippen LogP contribution in [-0.4, -0.2) is 42.1 Å². The SMILES string of the molecule is CNCC(c1c(C)nc(-c2ccccc2)n1C)N(C)C. The predicted octanol–water partition coefficient (Wildman–Crippen LogP) is 2.22. The molecule has 1 aromatic heterocycles. The Labute approximate surface area is 121 Å². The van der Waals surface area contributed by atoms with Crippen LogP contribution >= 0.6 is 0 Å². The second kappa shape index (κ2) is 6.20. The van der Waals surface area contributed by atoms with Gasteiger partial charge in [-0.2, -0.15) is 0 Å². The molecule has 0 spiro atoms. The normalized spacial score (nSPS) is 12.9. The quantitative estimate of drug-likeness (QED) is 0.906. The van der Waals surface area contributed by atoms with Crippen molar-refractivity contribution in [1.29, 1.82) is 0 Å². The summed E-state index contributed by atoms with van der Waals surface area (Å²) in [7, 11) is 8.30.